The number of aliphatic hydroxyl groups excluding tert-OH is 1. The molecule has 17 heteroatoms. The largest absolute Gasteiger partial charge is 0.733 e. The van der Waals surface area contributed by atoms with Crippen molar-refractivity contribution in [2.45, 2.75) is 85.0 Å². The second kappa shape index (κ2) is 23.8. The smallest absolute Gasteiger partial charge is 0.297 e. The highest BCUT2D eigenvalue weighted by molar-refractivity contribution is 7.86. The van der Waals surface area contributed by atoms with E-state index >= 15 is 0 Å². The predicted molar refractivity (Wildman–Crippen MR) is 251 cm³/mol. The highest BCUT2D eigenvalue weighted by Gasteiger charge is 2.33. The summed E-state index contributed by atoms with van der Waals surface area (Å²) in [5.41, 5.74) is 5.60. The minimum absolute atomic E-state index is 0. The molecule has 3 N–H and O–H groups in total. The number of nitrogens with zero attached hydrogens (tertiary/aromatic N) is 4. The van der Waals surface area contributed by atoms with Gasteiger partial charge < -0.3 is 45.2 Å². The molecule has 2 fully saturated rings. The van der Waals surface area contributed by atoms with Gasteiger partial charge in [0.05, 0.1) is 55.8 Å². The number of anilines is 2. The van der Waals surface area contributed by atoms with Crippen LogP contribution in [0.2, 0.25) is 0 Å². The van der Waals surface area contributed by atoms with Crippen molar-refractivity contribution in [3.8, 4) is 33.8 Å². The van der Waals surface area contributed by atoms with Crippen LogP contribution in [0.1, 0.15) is 64.7 Å². The summed E-state index contributed by atoms with van der Waals surface area (Å²) in [5, 5.41) is 49.9. The van der Waals surface area contributed by atoms with E-state index in [0.29, 0.717) is 60.4 Å². The first-order chi connectivity index (χ1) is 29.7. The van der Waals surface area contributed by atoms with E-state index in [9.17, 15) is 38.7 Å². The average molecular weight is 917 g/mol. The highest BCUT2D eigenvalue weighted by Crippen LogP contribution is 2.36. The maximum absolute atomic E-state index is 12.6. The molecule has 2 heterocycles. The first kappa shape index (κ1) is 53.3. The van der Waals surface area contributed by atoms with Crippen LogP contribution in [0, 0.1) is 17.3 Å². The minimum Gasteiger partial charge on any atom is -0.733 e. The third kappa shape index (κ3) is 13.0. The van der Waals surface area contributed by atoms with Crippen molar-refractivity contribution in [2.24, 2.45) is 0 Å². The summed E-state index contributed by atoms with van der Waals surface area (Å²) in [6.45, 7) is 2.33. The van der Waals surface area contributed by atoms with Crippen LogP contribution in [-0.4, -0.2) is 85.1 Å². The number of likely N-dealkylation sites (tertiary alicyclic amines) is 2. The molecule has 2 amide bonds. The number of ether oxygens (including phenoxy) is 2. The Balaban J connectivity index is 0.000000346. The number of aryl methyl sites for hydroxylation is 1. The molecule has 0 aromatic heterocycles. The first-order valence-corrected chi connectivity index (χ1v) is 21.1. The second-order valence-electron chi connectivity index (χ2n) is 14.9. The van der Waals surface area contributed by atoms with Crippen molar-refractivity contribution < 1.29 is 47.2 Å². The fourth-order valence-corrected chi connectivity index (χ4v) is 8.40. The third-order valence-corrected chi connectivity index (χ3v) is 12.1. The van der Waals surface area contributed by atoms with Crippen LogP contribution in [0.4, 0.5) is 11.4 Å². The maximum Gasteiger partial charge on any atom is 0.297 e. The molecule has 7 rings (SSSR count). The van der Waals surface area contributed by atoms with Crippen LogP contribution in [0.15, 0.2) is 114 Å². The summed E-state index contributed by atoms with van der Waals surface area (Å²) < 4.78 is 41.4. The molecule has 0 radical (unpaired) electrons. The normalized spacial score (nSPS) is 15.5. The number of methoxy groups -OCH3 is 2. The highest BCUT2D eigenvalue weighted by atomic mass is 32.2. The quantitative estimate of drug-likeness (QED) is 0.0662. The molecule has 0 aliphatic carbocycles. The molecule has 0 saturated carbocycles. The lowest BCUT2D eigenvalue weighted by Gasteiger charge is -2.25. The number of benzene rings is 5. The number of carbonyl (C=O) groups is 2. The Morgan fingerprint density at radius 2 is 1.11 bits per heavy atom. The van der Waals surface area contributed by atoms with Gasteiger partial charge in [0, 0.05) is 37.1 Å². The van der Waals surface area contributed by atoms with E-state index in [1.54, 1.807) is 65.4 Å². The number of rotatable bonds is 15. The predicted octanol–water partition coefficient (Wildman–Crippen LogP) is 8.71. The Labute approximate surface area is 382 Å². The van der Waals surface area contributed by atoms with E-state index < -0.39 is 16.2 Å². The van der Waals surface area contributed by atoms with Crippen molar-refractivity contribution in [1.82, 2.24) is 9.80 Å². The van der Waals surface area contributed by atoms with Crippen molar-refractivity contribution in [2.75, 3.05) is 37.9 Å². The number of carbonyl (C=O) groups excluding carboxylic acids is 2. The van der Waals surface area contributed by atoms with Gasteiger partial charge in [-0.25, -0.2) is 0 Å². The monoisotopic (exact) mass is 916 g/mol. The number of hydrogen-bond acceptors (Lipinski definition) is 14. The molecule has 0 unspecified atom stereocenters. The molecule has 0 spiro atoms. The Hall–Kier alpha value is -6.05. The van der Waals surface area contributed by atoms with Gasteiger partial charge in [-0.3, -0.25) is 24.2 Å². The molecule has 5 aromatic rings. The average Bonchev–Trinajstić information content (AvgIpc) is 3.82. The molecular weight excluding hydrogens is 857 g/mol. The molecule has 0 bridgehead atoms. The van der Waals surface area contributed by atoms with E-state index in [2.05, 4.69) is 0 Å². The SMILES string of the molecule is C.C.C.COc1ccc(CN2C(=O)CC[C@H]2CO)cc1-c1cccc(N([O-])O)c1.COc1ccc(CN2C(=O)CC[C@H]2COS(=O)(=O)c2ccc(C)cc2)cc1-c1cccc(N([O-])O)c1. The lowest BCUT2D eigenvalue weighted by molar-refractivity contribution is -0.130. The molecule has 2 aliphatic heterocycles. The number of amides is 2. The van der Waals surface area contributed by atoms with Gasteiger partial charge in [0.1, 0.15) is 11.5 Å². The van der Waals surface area contributed by atoms with E-state index in [4.69, 9.17) is 18.9 Å². The molecule has 65 heavy (non-hydrogen) atoms. The summed E-state index contributed by atoms with van der Waals surface area (Å²) in [7, 11) is -0.862. The summed E-state index contributed by atoms with van der Waals surface area (Å²) in [6.07, 6.45) is 1.91. The molecule has 2 saturated heterocycles. The number of aliphatic hydroxyl groups is 1. The van der Waals surface area contributed by atoms with Gasteiger partial charge in [0.2, 0.25) is 11.8 Å². The van der Waals surface area contributed by atoms with Gasteiger partial charge in [0.15, 0.2) is 0 Å². The van der Waals surface area contributed by atoms with Crippen LogP contribution in [0.3, 0.4) is 0 Å². The summed E-state index contributed by atoms with van der Waals surface area (Å²) in [5.74, 6) is 1.12. The molecule has 2 atom stereocenters. The summed E-state index contributed by atoms with van der Waals surface area (Å²) in [4.78, 5) is 28.1. The van der Waals surface area contributed by atoms with Crippen molar-refractivity contribution in [3.05, 3.63) is 136 Å². The van der Waals surface area contributed by atoms with Crippen LogP contribution in [-0.2, 0) is 37.0 Å². The zero-order chi connectivity index (χ0) is 44.6. The van der Waals surface area contributed by atoms with Crippen LogP contribution < -0.4 is 19.9 Å². The fourth-order valence-electron chi connectivity index (χ4n) is 7.46. The molecular formula is C48H60N4O12S-2. The Kier molecular flexibility index (Phi) is 19.5. The maximum atomic E-state index is 12.6. The summed E-state index contributed by atoms with van der Waals surface area (Å²) in [6, 6.07) is 29.8. The van der Waals surface area contributed by atoms with E-state index in [1.807, 2.05) is 37.3 Å². The van der Waals surface area contributed by atoms with Gasteiger partial charge >= 0.3 is 0 Å². The van der Waals surface area contributed by atoms with Gasteiger partial charge in [-0.15, -0.1) is 0 Å². The molecule has 352 valence electrons. The Morgan fingerprint density at radius 3 is 1.54 bits per heavy atom. The van der Waals surface area contributed by atoms with E-state index in [-0.39, 0.29) is 86.6 Å². The second-order valence-corrected chi connectivity index (χ2v) is 16.5. The van der Waals surface area contributed by atoms with Crippen LogP contribution in [0.5, 0.6) is 11.5 Å². The molecule has 5 aromatic carbocycles. The van der Waals surface area contributed by atoms with Gasteiger partial charge in [0.25, 0.3) is 10.1 Å². The standard InChI is InChI=1S/C26H27N2O7S.C19H21N2O5.3CH4/c1-18-6-10-23(11-7-18)36(32,33)35-17-22-9-13-26(29)27(22)16-19-8-12-25(34-2)24(14-19)20-4-3-5-21(15-20)28(30)31;1-26-18-7-5-13(11-20-16(12-22)6-8-19(20)23)9-17(18)14-3-2-4-15(10-14)21(24)25;;;/h3-8,10-12,14-15,22,30H,9,13,16-17H2,1-2H3;2-5,7,9-10,16,22,24H,6,8,11-12H2,1H3;3*1H4/q2*-1;;;/t22-;16-;;;/m00.../s1. The van der Waals surface area contributed by atoms with Crippen LogP contribution in [0.25, 0.3) is 22.3 Å². The zero-order valence-electron chi connectivity index (χ0n) is 34.4. The van der Waals surface area contributed by atoms with Gasteiger partial charge in [-0.2, -0.15) is 8.42 Å². The van der Waals surface area contributed by atoms with E-state index in [1.165, 1.54) is 37.4 Å². The van der Waals surface area contributed by atoms with Crippen molar-refractivity contribution in [1.29, 1.82) is 0 Å². The number of hydrogen-bond donors (Lipinski definition) is 3. The van der Waals surface area contributed by atoms with Gasteiger partial charge in [-0.05, 0) is 103 Å². The van der Waals surface area contributed by atoms with Crippen molar-refractivity contribution in [3.63, 3.8) is 0 Å². The lowest BCUT2D eigenvalue weighted by Crippen LogP contribution is -2.36. The topological polar surface area (TPSA) is 216 Å². The van der Waals surface area contributed by atoms with E-state index in [0.717, 1.165) is 22.3 Å². The third-order valence-electron chi connectivity index (χ3n) is 10.8. The molecule has 16 nitrogen and oxygen atoms in total. The summed E-state index contributed by atoms with van der Waals surface area (Å²) >= 11 is 0. The van der Waals surface area contributed by atoms with Crippen LogP contribution >= 0.6 is 0 Å². The van der Waals surface area contributed by atoms with Crippen molar-refractivity contribution >= 4 is 33.3 Å². The Bertz CT molecular complexity index is 2470. The first-order valence-electron chi connectivity index (χ1n) is 19.7. The van der Waals surface area contributed by atoms with Gasteiger partial charge in [-0.1, -0.05) is 76.4 Å². The minimum atomic E-state index is -3.95. The zero-order valence-corrected chi connectivity index (χ0v) is 35.2. The Morgan fingerprint density at radius 1 is 0.662 bits per heavy atom. The fraction of sp³-hybridized carbons (Fsp3) is 0.333. The molecule has 2 aliphatic rings. The lowest BCUT2D eigenvalue weighted by atomic mass is 10.0.